The fourth-order valence-electron chi connectivity index (χ4n) is 1.89. The molecule has 0 bridgehead atoms. The minimum atomic E-state index is -1.44. The summed E-state index contributed by atoms with van der Waals surface area (Å²) in [7, 11) is 0. The van der Waals surface area contributed by atoms with E-state index in [-0.39, 0.29) is 18.3 Å². The molecule has 0 aromatic heterocycles. The van der Waals surface area contributed by atoms with Crippen LogP contribution in [0.3, 0.4) is 0 Å². The smallest absolute Gasteiger partial charge is 0.187 e. The van der Waals surface area contributed by atoms with Crippen molar-refractivity contribution in [1.29, 1.82) is 0 Å². The quantitative estimate of drug-likeness (QED) is 0.445. The average Bonchev–Trinajstić information content (AvgIpc) is 2.46. The number of ether oxygens (including phenoxy) is 2. The van der Waals surface area contributed by atoms with Gasteiger partial charge in [-0.2, -0.15) is 0 Å². The second-order valence-electron chi connectivity index (χ2n) is 5.25. The first-order valence-electron chi connectivity index (χ1n) is 6.96. The number of hydrogen-bond donors (Lipinski definition) is 4. The van der Waals surface area contributed by atoms with Gasteiger partial charge in [0.15, 0.2) is 6.29 Å². The Labute approximate surface area is 123 Å². The molecule has 0 aromatic carbocycles. The number of carbonyl (C=O) groups is 1. The maximum Gasteiger partial charge on any atom is 0.187 e. The molecule has 1 aliphatic heterocycles. The van der Waals surface area contributed by atoms with E-state index in [2.05, 4.69) is 0 Å². The fraction of sp³-hybridized carbons (Fsp3) is 0.786. The van der Waals surface area contributed by atoms with Crippen LogP contribution in [0.15, 0.2) is 12.2 Å². The van der Waals surface area contributed by atoms with Crippen LogP contribution < -0.4 is 0 Å². The van der Waals surface area contributed by atoms with Crippen molar-refractivity contribution in [3.63, 3.8) is 0 Å². The standard InChI is InChI=1S/C14H24O7/c1-8(9(2)16)5-3-4-6-20-14-13(19)12(18)11(17)10(7-15)21-14/h3-4,8,10-15,17-19H,5-7H2,1-2H3/b4-3+/t8-,10?,11-,12-,13?,14+/m0/s1. The van der Waals surface area contributed by atoms with Gasteiger partial charge in [-0.05, 0) is 13.3 Å². The third-order valence-corrected chi connectivity index (χ3v) is 3.56. The van der Waals surface area contributed by atoms with E-state index in [1.165, 1.54) is 6.92 Å². The molecule has 0 saturated carbocycles. The summed E-state index contributed by atoms with van der Waals surface area (Å²) in [4.78, 5) is 11.0. The summed E-state index contributed by atoms with van der Waals surface area (Å²) in [6.45, 7) is 2.98. The summed E-state index contributed by atoms with van der Waals surface area (Å²) >= 11 is 0. The van der Waals surface area contributed by atoms with Crippen LogP contribution in [0.1, 0.15) is 20.3 Å². The highest BCUT2D eigenvalue weighted by Gasteiger charge is 2.43. The first-order chi connectivity index (χ1) is 9.88. The molecule has 0 spiro atoms. The maximum absolute atomic E-state index is 11.0. The van der Waals surface area contributed by atoms with E-state index in [0.717, 1.165) is 0 Å². The van der Waals surface area contributed by atoms with E-state index in [1.807, 2.05) is 6.92 Å². The van der Waals surface area contributed by atoms with Gasteiger partial charge in [0, 0.05) is 5.92 Å². The molecule has 1 fully saturated rings. The Kier molecular flexibility index (Phi) is 7.44. The molecule has 1 saturated heterocycles. The second-order valence-corrected chi connectivity index (χ2v) is 5.25. The molecule has 7 nitrogen and oxygen atoms in total. The molecule has 1 heterocycles. The lowest BCUT2D eigenvalue weighted by Gasteiger charge is -2.39. The van der Waals surface area contributed by atoms with Crippen LogP contribution in [0.25, 0.3) is 0 Å². The SMILES string of the molecule is CC(=O)[C@@H](C)C/C=C/CO[C@@H]1OC(CO)[C@H](O)[C@H](O)C1O. The molecule has 1 aliphatic rings. The molecule has 6 atom stereocenters. The number of aliphatic hydroxyl groups is 4. The molecule has 0 aliphatic carbocycles. The largest absolute Gasteiger partial charge is 0.394 e. The normalized spacial score (nSPS) is 35.0. The second kappa shape index (κ2) is 8.57. The minimum Gasteiger partial charge on any atom is -0.394 e. The van der Waals surface area contributed by atoms with Crippen molar-refractivity contribution in [2.75, 3.05) is 13.2 Å². The topological polar surface area (TPSA) is 116 Å². The van der Waals surface area contributed by atoms with Gasteiger partial charge < -0.3 is 29.9 Å². The van der Waals surface area contributed by atoms with Crippen LogP contribution in [0.5, 0.6) is 0 Å². The van der Waals surface area contributed by atoms with Crippen molar-refractivity contribution in [1.82, 2.24) is 0 Å². The number of aliphatic hydroxyl groups excluding tert-OH is 4. The van der Waals surface area contributed by atoms with Gasteiger partial charge in [-0.3, -0.25) is 4.79 Å². The molecule has 0 aromatic rings. The molecule has 122 valence electrons. The predicted molar refractivity (Wildman–Crippen MR) is 73.3 cm³/mol. The summed E-state index contributed by atoms with van der Waals surface area (Å²) in [5.41, 5.74) is 0. The van der Waals surface area contributed by atoms with Gasteiger partial charge >= 0.3 is 0 Å². The highest BCUT2D eigenvalue weighted by Crippen LogP contribution is 2.21. The molecule has 4 N–H and O–H groups in total. The van der Waals surface area contributed by atoms with E-state index in [0.29, 0.717) is 6.42 Å². The summed E-state index contributed by atoms with van der Waals surface area (Å²) in [5, 5.41) is 37.9. The average molecular weight is 304 g/mol. The van der Waals surface area contributed by atoms with E-state index >= 15 is 0 Å². The van der Waals surface area contributed by atoms with Crippen LogP contribution in [0, 0.1) is 5.92 Å². The molecular formula is C14H24O7. The summed E-state index contributed by atoms with van der Waals surface area (Å²) in [6.07, 6.45) is -2.28. The third kappa shape index (κ3) is 5.14. The van der Waals surface area contributed by atoms with E-state index < -0.39 is 37.3 Å². The van der Waals surface area contributed by atoms with Crippen molar-refractivity contribution in [3.8, 4) is 0 Å². The molecule has 0 radical (unpaired) electrons. The molecule has 21 heavy (non-hydrogen) atoms. The Bertz CT molecular complexity index is 355. The Morgan fingerprint density at radius 2 is 1.90 bits per heavy atom. The van der Waals surface area contributed by atoms with Gasteiger partial charge in [0.05, 0.1) is 13.2 Å². The van der Waals surface area contributed by atoms with Crippen molar-refractivity contribution in [3.05, 3.63) is 12.2 Å². The number of carbonyl (C=O) groups excluding carboxylic acids is 1. The van der Waals surface area contributed by atoms with Gasteiger partial charge in [-0.25, -0.2) is 0 Å². The number of Topliss-reactive ketones (excluding diaryl/α,β-unsaturated/α-hetero) is 1. The van der Waals surface area contributed by atoms with E-state index in [1.54, 1.807) is 12.2 Å². The van der Waals surface area contributed by atoms with Crippen LogP contribution in [0.4, 0.5) is 0 Å². The predicted octanol–water partition coefficient (Wildman–Crippen LogP) is -1.03. The van der Waals surface area contributed by atoms with Gasteiger partial charge in [0.1, 0.15) is 30.2 Å². The lowest BCUT2D eigenvalue weighted by atomic mass is 9.99. The molecule has 1 rings (SSSR count). The van der Waals surface area contributed by atoms with Crippen LogP contribution >= 0.6 is 0 Å². The summed E-state index contributed by atoms with van der Waals surface area (Å²) < 4.78 is 10.4. The Morgan fingerprint density at radius 3 is 2.48 bits per heavy atom. The Morgan fingerprint density at radius 1 is 1.24 bits per heavy atom. The molecular weight excluding hydrogens is 280 g/mol. The summed E-state index contributed by atoms with van der Waals surface area (Å²) in [5.74, 6) is 0.0445. The highest BCUT2D eigenvalue weighted by atomic mass is 16.7. The number of ketones is 1. The molecule has 2 unspecified atom stereocenters. The Balaban J connectivity index is 2.40. The summed E-state index contributed by atoms with van der Waals surface area (Å²) in [6, 6.07) is 0. The number of allylic oxidation sites excluding steroid dienone is 1. The van der Waals surface area contributed by atoms with Gasteiger partial charge in [-0.15, -0.1) is 0 Å². The maximum atomic E-state index is 11.0. The first kappa shape index (κ1) is 18.2. The first-order valence-corrected chi connectivity index (χ1v) is 6.96. The van der Waals surface area contributed by atoms with E-state index in [4.69, 9.17) is 14.6 Å². The van der Waals surface area contributed by atoms with E-state index in [9.17, 15) is 20.1 Å². The number of rotatable bonds is 7. The highest BCUT2D eigenvalue weighted by molar-refractivity contribution is 5.77. The van der Waals surface area contributed by atoms with Crippen molar-refractivity contribution in [2.45, 2.75) is 51.0 Å². The lowest BCUT2D eigenvalue weighted by Crippen LogP contribution is -2.59. The number of hydrogen-bond acceptors (Lipinski definition) is 7. The van der Waals surface area contributed by atoms with Crippen LogP contribution in [0.2, 0.25) is 0 Å². The van der Waals surface area contributed by atoms with Crippen molar-refractivity contribution < 1.29 is 34.7 Å². The third-order valence-electron chi connectivity index (χ3n) is 3.56. The van der Waals surface area contributed by atoms with Crippen molar-refractivity contribution in [2.24, 2.45) is 5.92 Å². The lowest BCUT2D eigenvalue weighted by molar-refractivity contribution is -0.298. The molecule has 0 amide bonds. The zero-order valence-electron chi connectivity index (χ0n) is 12.3. The Hall–Kier alpha value is -0.830. The fourth-order valence-corrected chi connectivity index (χ4v) is 1.89. The molecule has 7 heteroatoms. The zero-order valence-corrected chi connectivity index (χ0v) is 12.3. The van der Waals surface area contributed by atoms with Gasteiger partial charge in [-0.1, -0.05) is 19.1 Å². The minimum absolute atomic E-state index is 0.0616. The van der Waals surface area contributed by atoms with Gasteiger partial charge in [0.25, 0.3) is 0 Å². The monoisotopic (exact) mass is 304 g/mol. The van der Waals surface area contributed by atoms with Gasteiger partial charge in [0.2, 0.25) is 0 Å². The zero-order chi connectivity index (χ0) is 16.0. The van der Waals surface area contributed by atoms with Crippen LogP contribution in [-0.2, 0) is 14.3 Å². The van der Waals surface area contributed by atoms with Crippen molar-refractivity contribution >= 4 is 5.78 Å². The van der Waals surface area contributed by atoms with Crippen LogP contribution in [-0.4, -0.2) is 70.1 Å².